The van der Waals surface area contributed by atoms with E-state index in [4.69, 9.17) is 23.7 Å². The Bertz CT molecular complexity index is 23.1. The summed E-state index contributed by atoms with van der Waals surface area (Å²) in [5, 5.41) is 12.5. The van der Waals surface area contributed by atoms with Crippen molar-refractivity contribution in [2.45, 2.75) is 0 Å². The van der Waals surface area contributed by atoms with Gasteiger partial charge in [-0.25, -0.2) is 0 Å². The van der Waals surface area contributed by atoms with Crippen LogP contribution in [0, 0.1) is 23.7 Å². The molecule has 0 atom stereocenters. The Morgan fingerprint density at radius 2 is 0.800 bits per heavy atom. The average molecular weight is 143 g/mol. The summed E-state index contributed by atoms with van der Waals surface area (Å²) in [6.07, 6.45) is 0. The van der Waals surface area contributed by atoms with Gasteiger partial charge in [0.1, 0.15) is 0 Å². The van der Waals surface area contributed by atoms with Gasteiger partial charge in [0.15, 0.2) is 0 Å². The molecule has 0 aliphatic rings. The Labute approximate surface area is 50.1 Å². The summed E-state index contributed by atoms with van der Waals surface area (Å²) >= 11 is 0. The number of hydrogen-bond acceptors (Lipinski definition) is 2. The molecule has 0 amide bonds. The molecule has 0 unspecified atom stereocenters. The van der Waals surface area contributed by atoms with Crippen molar-refractivity contribution in [1.82, 2.24) is 0 Å². The van der Waals surface area contributed by atoms with Crippen LogP contribution >= 0.6 is 0 Å². The van der Waals surface area contributed by atoms with Gasteiger partial charge in [-0.1, -0.05) is 0 Å². The first-order valence-electron chi connectivity index (χ1n) is 0.447. The van der Waals surface area contributed by atoms with E-state index in [1.165, 1.54) is 0 Å². The normalized spacial score (nSPS) is 0.800. The van der Waals surface area contributed by atoms with Crippen LogP contribution in [0.2, 0.25) is 0 Å². The molecule has 22 valence electrons. The van der Waals surface area contributed by atoms with Crippen LogP contribution in [0.15, 0.2) is 0 Å². The van der Waals surface area contributed by atoms with Crippen LogP contribution in [0.5, 0.6) is 0 Å². The summed E-state index contributed by atoms with van der Waals surface area (Å²) in [5.41, 5.74) is 0. The average Bonchev–Trinajstić information content (AvgIpc) is 1.50. The van der Waals surface area contributed by atoms with Crippen LogP contribution < -0.4 is 0 Å². The van der Waals surface area contributed by atoms with E-state index < -0.39 is 0 Å². The Balaban J connectivity index is -0.0000000133. The van der Waals surface area contributed by atoms with E-state index in [2.05, 4.69) is 0 Å². The molecule has 0 aromatic rings. The van der Waals surface area contributed by atoms with Gasteiger partial charge in [-0.2, -0.15) is 0 Å². The summed E-state index contributed by atoms with van der Waals surface area (Å²) in [5.74, 6) is 0. The Morgan fingerprint density at radius 1 is 0.800 bits per heavy atom. The van der Waals surface area contributed by atoms with Crippen LogP contribution in [0.1, 0.15) is 0 Å². The first kappa shape index (κ1) is 20.9. The molecule has 0 spiro atoms. The quantitative estimate of drug-likeness (QED) is 0.454. The maximum atomic E-state index is 6.25. The first-order chi connectivity index (χ1) is 2.00. The van der Waals surface area contributed by atoms with Crippen LogP contribution in [-0.2, 0) is 26.2 Å². The molecule has 2 nitrogen and oxygen atoms in total. The van der Waals surface area contributed by atoms with Crippen molar-refractivity contribution in [2.24, 2.45) is 0 Å². The summed E-state index contributed by atoms with van der Waals surface area (Å²) in [6.45, 7) is 9.50. The van der Waals surface area contributed by atoms with Gasteiger partial charge in [-0.15, -0.1) is 0 Å². The van der Waals surface area contributed by atoms with Gasteiger partial charge in [0.25, 0.3) is 0 Å². The van der Waals surface area contributed by atoms with Gasteiger partial charge >= 0.3 is 26.2 Å². The first-order valence-corrected chi connectivity index (χ1v) is 0.447. The number of hydrogen-bond donors (Lipinski definition) is 0. The largest absolute Gasteiger partial charge is 2.00 e. The fourth-order valence-electron chi connectivity index (χ4n) is 0. The second kappa shape index (κ2) is 1690. The predicted octanol–water partition coefficient (Wildman–Crippen LogP) is 0.190. The van der Waals surface area contributed by atoms with Gasteiger partial charge in [0.2, 0.25) is 0 Å². The molecule has 3 heteroatoms. The molecule has 0 aromatic heterocycles. The fourth-order valence-corrected chi connectivity index (χ4v) is 0. The molecular weight excluding hydrogens is 143 g/mol. The molecule has 0 bridgehead atoms. The number of rotatable bonds is 0. The second-order valence-electron chi connectivity index (χ2n) is 0. The third-order valence-corrected chi connectivity index (χ3v) is 0. The maximum Gasteiger partial charge on any atom is 2.00 e. The van der Waals surface area contributed by atoms with Crippen molar-refractivity contribution in [2.75, 3.05) is 0 Å². The zero-order valence-corrected chi connectivity index (χ0v) is 4.85. The molecule has 0 saturated carbocycles. The van der Waals surface area contributed by atoms with E-state index in [-0.39, 0.29) is 26.2 Å². The standard InChI is InChI=1S/2CN.Zr/c2*1-2;/q2*-1;+2. The molecule has 0 aliphatic carbocycles. The van der Waals surface area contributed by atoms with E-state index in [1.807, 2.05) is 0 Å². The van der Waals surface area contributed by atoms with Crippen LogP contribution in [0.4, 0.5) is 0 Å². The third-order valence-electron chi connectivity index (χ3n) is 0. The van der Waals surface area contributed by atoms with Crippen LogP contribution in [0.25, 0.3) is 0 Å². The molecule has 0 N–H and O–H groups in total. The van der Waals surface area contributed by atoms with Crippen molar-refractivity contribution >= 4 is 0 Å². The van der Waals surface area contributed by atoms with Crippen LogP contribution in [0.3, 0.4) is 0 Å². The molecule has 0 aliphatic heterocycles. The molecule has 0 fully saturated rings. The zero-order valence-electron chi connectivity index (χ0n) is 2.39. The minimum atomic E-state index is 0. The van der Waals surface area contributed by atoms with E-state index >= 15 is 0 Å². The van der Waals surface area contributed by atoms with Gasteiger partial charge < -0.3 is 23.7 Å². The van der Waals surface area contributed by atoms with E-state index in [0.717, 1.165) is 0 Å². The van der Waals surface area contributed by atoms with Crippen molar-refractivity contribution in [3.05, 3.63) is 13.1 Å². The molecule has 0 heterocycles. The topological polar surface area (TPSA) is 47.6 Å². The van der Waals surface area contributed by atoms with Crippen LogP contribution in [-0.4, -0.2) is 0 Å². The van der Waals surface area contributed by atoms with Crippen molar-refractivity contribution in [3.8, 4) is 0 Å². The monoisotopic (exact) mass is 142 g/mol. The van der Waals surface area contributed by atoms with Crippen molar-refractivity contribution in [3.63, 3.8) is 0 Å². The Morgan fingerprint density at radius 3 is 0.800 bits per heavy atom. The molecule has 0 saturated heterocycles. The SMILES string of the molecule is [C-]#N.[C-]#N.[Zr+2]. The molecule has 0 radical (unpaired) electrons. The van der Waals surface area contributed by atoms with Crippen molar-refractivity contribution < 1.29 is 26.2 Å². The summed E-state index contributed by atoms with van der Waals surface area (Å²) in [7, 11) is 0. The van der Waals surface area contributed by atoms with E-state index in [1.54, 1.807) is 0 Å². The third kappa shape index (κ3) is 716. The predicted molar refractivity (Wildman–Crippen MR) is 9.94 cm³/mol. The summed E-state index contributed by atoms with van der Waals surface area (Å²) in [6, 6.07) is 0. The van der Waals surface area contributed by atoms with Gasteiger partial charge in [-0.05, 0) is 0 Å². The van der Waals surface area contributed by atoms with E-state index in [0.29, 0.717) is 0 Å². The second-order valence-corrected chi connectivity index (χ2v) is 0. The summed E-state index contributed by atoms with van der Waals surface area (Å²) in [4.78, 5) is 0. The summed E-state index contributed by atoms with van der Waals surface area (Å²) < 4.78 is 0. The van der Waals surface area contributed by atoms with Gasteiger partial charge in [0, 0.05) is 0 Å². The molecule has 0 aromatic carbocycles. The maximum absolute atomic E-state index is 6.25. The van der Waals surface area contributed by atoms with Gasteiger partial charge in [-0.3, -0.25) is 0 Å². The van der Waals surface area contributed by atoms with Gasteiger partial charge in [0.05, 0.1) is 0 Å². The smallest absolute Gasteiger partial charge is 0.512 e. The molecule has 5 heavy (non-hydrogen) atoms. The van der Waals surface area contributed by atoms with E-state index in [9.17, 15) is 0 Å². The zero-order chi connectivity index (χ0) is 4.00. The number of nitrogens with zero attached hydrogens (tertiary/aromatic N) is 2. The minimum Gasteiger partial charge on any atom is -0.512 e. The van der Waals surface area contributed by atoms with Crippen molar-refractivity contribution in [1.29, 1.82) is 10.5 Å². The fraction of sp³-hybridized carbons (Fsp3) is 0. The minimum absolute atomic E-state index is 0. The Kier molecular flexibility index (Phi) is 7070. The Hall–Kier alpha value is -0.137. The molecule has 0 rings (SSSR count). The molecular formula is C2N2Zr.